The topological polar surface area (TPSA) is 32.7 Å². The molecule has 3 rings (SSSR count). The standard InChI is InChI=1S/C14H25NO2S/c1-13(16)3-6-15(11-13)12-2-7-17-14(10-12)4-8-18-9-5-14/h12,16H,2-11H2,1H3. The van der Waals surface area contributed by atoms with Crippen molar-refractivity contribution >= 4 is 11.8 Å². The molecule has 0 amide bonds. The molecule has 0 aromatic carbocycles. The summed E-state index contributed by atoms with van der Waals surface area (Å²) in [4.78, 5) is 2.51. The second-order valence-corrected chi connectivity index (χ2v) is 7.73. The molecular weight excluding hydrogens is 246 g/mol. The Morgan fingerprint density at radius 1 is 1.28 bits per heavy atom. The zero-order valence-electron chi connectivity index (χ0n) is 11.4. The van der Waals surface area contributed by atoms with Gasteiger partial charge in [0.05, 0.1) is 11.2 Å². The first-order chi connectivity index (χ1) is 8.59. The van der Waals surface area contributed by atoms with Crippen LogP contribution in [-0.4, -0.2) is 58.5 Å². The molecule has 18 heavy (non-hydrogen) atoms. The lowest BCUT2D eigenvalue weighted by Crippen LogP contribution is -2.50. The largest absolute Gasteiger partial charge is 0.389 e. The summed E-state index contributed by atoms with van der Waals surface area (Å²) >= 11 is 2.06. The van der Waals surface area contributed by atoms with Crippen molar-refractivity contribution in [3.63, 3.8) is 0 Å². The summed E-state index contributed by atoms with van der Waals surface area (Å²) in [6, 6.07) is 0.635. The second-order valence-electron chi connectivity index (χ2n) is 6.51. The zero-order valence-corrected chi connectivity index (χ0v) is 12.2. The highest BCUT2D eigenvalue weighted by molar-refractivity contribution is 7.99. The van der Waals surface area contributed by atoms with Gasteiger partial charge in [-0.3, -0.25) is 4.90 Å². The third kappa shape index (κ3) is 2.72. The van der Waals surface area contributed by atoms with Gasteiger partial charge in [0.25, 0.3) is 0 Å². The van der Waals surface area contributed by atoms with Crippen LogP contribution in [0.2, 0.25) is 0 Å². The molecule has 0 saturated carbocycles. The third-order valence-electron chi connectivity index (χ3n) is 4.87. The average Bonchev–Trinajstić information content (AvgIpc) is 2.71. The van der Waals surface area contributed by atoms with Crippen LogP contribution in [0.1, 0.15) is 39.0 Å². The van der Waals surface area contributed by atoms with Crippen LogP contribution < -0.4 is 0 Å². The Balaban J connectivity index is 1.63. The Hall–Kier alpha value is 0.230. The quantitative estimate of drug-likeness (QED) is 0.789. The maximum Gasteiger partial charge on any atom is 0.0758 e. The normalized spacial score (nSPS) is 41.3. The van der Waals surface area contributed by atoms with Crippen LogP contribution in [0.15, 0.2) is 0 Å². The molecule has 2 unspecified atom stereocenters. The van der Waals surface area contributed by atoms with Crippen LogP contribution in [0.5, 0.6) is 0 Å². The molecule has 3 heterocycles. The van der Waals surface area contributed by atoms with Gasteiger partial charge in [0.2, 0.25) is 0 Å². The summed E-state index contributed by atoms with van der Waals surface area (Å²) in [5.41, 5.74) is -0.295. The summed E-state index contributed by atoms with van der Waals surface area (Å²) in [7, 11) is 0. The lowest BCUT2D eigenvalue weighted by Gasteiger charge is -2.45. The van der Waals surface area contributed by atoms with Gasteiger partial charge in [0.15, 0.2) is 0 Å². The van der Waals surface area contributed by atoms with E-state index >= 15 is 0 Å². The number of β-amino-alcohol motifs (C(OH)–C–C–N with tert-alkyl or cyclic N) is 1. The first kappa shape index (κ1) is 13.2. The Kier molecular flexibility index (Phi) is 3.65. The molecule has 0 aromatic heterocycles. The number of hydrogen-bond acceptors (Lipinski definition) is 4. The van der Waals surface area contributed by atoms with Crippen LogP contribution in [0, 0.1) is 0 Å². The number of nitrogens with zero attached hydrogens (tertiary/aromatic N) is 1. The van der Waals surface area contributed by atoms with E-state index in [-0.39, 0.29) is 5.60 Å². The van der Waals surface area contributed by atoms with E-state index in [1.807, 2.05) is 6.92 Å². The predicted octanol–water partition coefficient (Wildman–Crippen LogP) is 1.89. The molecule has 0 aliphatic carbocycles. The molecule has 3 nitrogen and oxygen atoms in total. The minimum absolute atomic E-state index is 0.169. The highest BCUT2D eigenvalue weighted by Gasteiger charge is 2.43. The number of hydrogen-bond donors (Lipinski definition) is 1. The maximum atomic E-state index is 10.1. The minimum Gasteiger partial charge on any atom is -0.389 e. The van der Waals surface area contributed by atoms with Crippen molar-refractivity contribution in [1.29, 1.82) is 0 Å². The fraction of sp³-hybridized carbons (Fsp3) is 1.00. The van der Waals surface area contributed by atoms with Gasteiger partial charge in [-0.15, -0.1) is 0 Å². The molecule has 3 saturated heterocycles. The van der Waals surface area contributed by atoms with E-state index in [0.717, 1.165) is 32.5 Å². The van der Waals surface area contributed by atoms with Crippen molar-refractivity contribution < 1.29 is 9.84 Å². The van der Waals surface area contributed by atoms with Crippen LogP contribution in [0.25, 0.3) is 0 Å². The summed E-state index contributed by atoms with van der Waals surface area (Å²) in [6.45, 7) is 4.79. The van der Waals surface area contributed by atoms with E-state index in [9.17, 15) is 5.11 Å². The molecule has 3 aliphatic rings. The highest BCUT2D eigenvalue weighted by atomic mass is 32.2. The molecule has 4 heteroatoms. The molecule has 3 aliphatic heterocycles. The molecule has 0 radical (unpaired) electrons. The Bertz CT molecular complexity index is 297. The van der Waals surface area contributed by atoms with Crippen molar-refractivity contribution in [3.05, 3.63) is 0 Å². The Morgan fingerprint density at radius 2 is 2.06 bits per heavy atom. The Morgan fingerprint density at radius 3 is 2.72 bits per heavy atom. The van der Waals surface area contributed by atoms with Crippen molar-refractivity contribution in [2.45, 2.75) is 56.3 Å². The SMILES string of the molecule is CC1(O)CCN(C2CCOC3(CCSCC3)C2)C1. The smallest absolute Gasteiger partial charge is 0.0758 e. The van der Waals surface area contributed by atoms with Crippen molar-refractivity contribution in [3.8, 4) is 0 Å². The highest BCUT2D eigenvalue weighted by Crippen LogP contribution is 2.40. The first-order valence-electron chi connectivity index (χ1n) is 7.27. The van der Waals surface area contributed by atoms with E-state index in [4.69, 9.17) is 4.74 Å². The predicted molar refractivity (Wildman–Crippen MR) is 75.1 cm³/mol. The van der Waals surface area contributed by atoms with Gasteiger partial charge in [-0.2, -0.15) is 11.8 Å². The molecular formula is C14H25NO2S. The van der Waals surface area contributed by atoms with Crippen LogP contribution >= 0.6 is 11.8 Å². The van der Waals surface area contributed by atoms with Crippen LogP contribution in [0.3, 0.4) is 0 Å². The van der Waals surface area contributed by atoms with Gasteiger partial charge in [-0.05, 0) is 50.5 Å². The molecule has 3 fully saturated rings. The molecule has 0 aromatic rings. The van der Waals surface area contributed by atoms with Crippen LogP contribution in [-0.2, 0) is 4.74 Å². The molecule has 0 bridgehead atoms. The van der Waals surface area contributed by atoms with Gasteiger partial charge < -0.3 is 9.84 Å². The fourth-order valence-electron chi connectivity index (χ4n) is 3.70. The van der Waals surface area contributed by atoms with Crippen LogP contribution in [0.4, 0.5) is 0 Å². The molecule has 1 spiro atoms. The summed E-state index contributed by atoms with van der Waals surface area (Å²) < 4.78 is 6.15. The number of aliphatic hydroxyl groups is 1. The molecule has 104 valence electrons. The first-order valence-corrected chi connectivity index (χ1v) is 8.42. The lowest BCUT2D eigenvalue weighted by molar-refractivity contribution is -0.110. The lowest BCUT2D eigenvalue weighted by atomic mass is 9.85. The van der Waals surface area contributed by atoms with E-state index in [2.05, 4.69) is 16.7 Å². The van der Waals surface area contributed by atoms with Crippen molar-refractivity contribution in [1.82, 2.24) is 4.90 Å². The van der Waals surface area contributed by atoms with Gasteiger partial charge >= 0.3 is 0 Å². The number of ether oxygens (including phenoxy) is 1. The van der Waals surface area contributed by atoms with Gasteiger partial charge in [-0.25, -0.2) is 0 Å². The third-order valence-corrected chi connectivity index (χ3v) is 5.85. The molecule has 2 atom stereocenters. The fourth-order valence-corrected chi connectivity index (χ4v) is 4.93. The van der Waals surface area contributed by atoms with E-state index in [0.29, 0.717) is 6.04 Å². The number of likely N-dealkylation sites (tertiary alicyclic amines) is 1. The van der Waals surface area contributed by atoms with Crippen molar-refractivity contribution in [2.75, 3.05) is 31.2 Å². The summed E-state index contributed by atoms with van der Waals surface area (Å²) in [5.74, 6) is 2.51. The van der Waals surface area contributed by atoms with E-state index in [1.54, 1.807) is 0 Å². The number of thioether (sulfide) groups is 1. The summed E-state index contributed by atoms with van der Waals surface area (Å²) in [5, 5.41) is 10.1. The van der Waals surface area contributed by atoms with Gasteiger partial charge in [-0.1, -0.05) is 0 Å². The summed E-state index contributed by atoms with van der Waals surface area (Å²) in [6.07, 6.45) is 5.69. The van der Waals surface area contributed by atoms with E-state index in [1.165, 1.54) is 30.8 Å². The zero-order chi connectivity index (χ0) is 12.6. The maximum absolute atomic E-state index is 10.1. The Labute approximate surface area is 114 Å². The van der Waals surface area contributed by atoms with E-state index < -0.39 is 5.60 Å². The average molecular weight is 271 g/mol. The van der Waals surface area contributed by atoms with Crippen molar-refractivity contribution in [2.24, 2.45) is 0 Å². The van der Waals surface area contributed by atoms with Gasteiger partial charge in [0, 0.05) is 25.7 Å². The van der Waals surface area contributed by atoms with Gasteiger partial charge in [0.1, 0.15) is 0 Å². The second kappa shape index (κ2) is 4.97. The monoisotopic (exact) mass is 271 g/mol. The molecule has 1 N–H and O–H groups in total. The minimum atomic E-state index is -0.464. The number of rotatable bonds is 1.